The number of rotatable bonds is 6. The highest BCUT2D eigenvalue weighted by molar-refractivity contribution is 6.04. The fourth-order valence-electron chi connectivity index (χ4n) is 3.79. The molecule has 4 N–H and O–H groups in total. The molecule has 3 aromatic rings. The Balaban J connectivity index is 0.000000351. The van der Waals surface area contributed by atoms with Gasteiger partial charge in [-0.25, -0.2) is 0 Å². The standard InChI is InChI=1S/C19H18N4O2.C6H15N.C4H10/c1-10-15-6-16(17(20)7-18(15)22-21-10)19(25)23-8-13-4-3-12(11(2)24)5-14(13)9-23;1-3-5-7-6-4-2;1-4(2)3/h3-7H,8-9,20H2,1-2H3,(H,21,22);7H,3-6H2,1-2H3;4H,1-3H3. The van der Waals surface area contributed by atoms with Gasteiger partial charge in [-0.1, -0.05) is 46.8 Å². The Hall–Kier alpha value is -3.19. The fraction of sp³-hybridized carbons (Fsp3) is 0.483. The third-order valence-electron chi connectivity index (χ3n) is 5.62. The van der Waals surface area contributed by atoms with Crippen LogP contribution in [0.3, 0.4) is 0 Å². The Morgan fingerprint density at radius 2 is 1.67 bits per heavy atom. The number of ketones is 1. The summed E-state index contributed by atoms with van der Waals surface area (Å²) in [5.74, 6) is 0.748. The van der Waals surface area contributed by atoms with Crippen LogP contribution in [0.25, 0.3) is 10.9 Å². The third-order valence-corrected chi connectivity index (χ3v) is 5.62. The Morgan fingerprint density at radius 3 is 2.25 bits per heavy atom. The molecule has 0 bridgehead atoms. The molecule has 0 radical (unpaired) electrons. The fourth-order valence-corrected chi connectivity index (χ4v) is 3.79. The van der Waals surface area contributed by atoms with E-state index in [-0.39, 0.29) is 11.7 Å². The molecule has 2 aromatic carbocycles. The molecule has 0 fully saturated rings. The van der Waals surface area contributed by atoms with Crippen LogP contribution in [0.1, 0.15) is 91.9 Å². The number of nitrogens with zero attached hydrogens (tertiary/aromatic N) is 2. The number of carbonyl (C=O) groups excluding carboxylic acids is 2. The molecule has 0 spiro atoms. The van der Waals surface area contributed by atoms with Crippen LogP contribution in [-0.2, 0) is 13.1 Å². The number of carbonyl (C=O) groups is 2. The Kier molecular flexibility index (Phi) is 11.1. The number of amides is 1. The van der Waals surface area contributed by atoms with Crippen LogP contribution in [0.2, 0.25) is 0 Å². The molecular formula is C29H43N5O2. The number of fused-ring (bicyclic) bond motifs is 2. The summed E-state index contributed by atoms with van der Waals surface area (Å²) in [7, 11) is 0. The first-order chi connectivity index (χ1) is 17.1. The van der Waals surface area contributed by atoms with Crippen LogP contribution >= 0.6 is 0 Å². The van der Waals surface area contributed by atoms with Crippen LogP contribution in [0.4, 0.5) is 5.69 Å². The van der Waals surface area contributed by atoms with Gasteiger partial charge in [-0.3, -0.25) is 14.7 Å². The summed E-state index contributed by atoms with van der Waals surface area (Å²) >= 11 is 0. The van der Waals surface area contributed by atoms with Gasteiger partial charge in [0.1, 0.15) is 0 Å². The molecule has 0 aliphatic carbocycles. The number of nitrogens with one attached hydrogen (secondary N) is 2. The number of H-pyrrole nitrogens is 1. The minimum atomic E-state index is -0.111. The van der Waals surface area contributed by atoms with E-state index in [1.807, 2.05) is 25.1 Å². The maximum atomic E-state index is 13.0. The van der Waals surface area contributed by atoms with Crippen molar-refractivity contribution < 1.29 is 9.59 Å². The molecule has 196 valence electrons. The molecule has 1 aliphatic heterocycles. The highest BCUT2D eigenvalue weighted by atomic mass is 16.2. The van der Waals surface area contributed by atoms with Gasteiger partial charge < -0.3 is 16.0 Å². The number of hydrogen-bond acceptors (Lipinski definition) is 5. The molecule has 1 amide bonds. The van der Waals surface area contributed by atoms with Gasteiger partial charge in [0.25, 0.3) is 5.91 Å². The predicted molar refractivity (Wildman–Crippen MR) is 149 cm³/mol. The number of aromatic nitrogens is 2. The lowest BCUT2D eigenvalue weighted by atomic mass is 10.0. The second kappa shape index (κ2) is 13.8. The molecule has 1 aliphatic rings. The van der Waals surface area contributed by atoms with Crippen molar-refractivity contribution in [2.45, 2.75) is 74.4 Å². The Morgan fingerprint density at radius 1 is 1.06 bits per heavy atom. The van der Waals surface area contributed by atoms with Crippen molar-refractivity contribution in [3.8, 4) is 0 Å². The summed E-state index contributed by atoms with van der Waals surface area (Å²) < 4.78 is 0. The van der Waals surface area contributed by atoms with Crippen molar-refractivity contribution in [1.29, 1.82) is 0 Å². The summed E-state index contributed by atoms with van der Waals surface area (Å²) in [6.45, 7) is 17.7. The number of Topliss-reactive ketones (excluding diaryl/α,β-unsaturated/α-hetero) is 1. The van der Waals surface area contributed by atoms with Crippen LogP contribution in [0.5, 0.6) is 0 Å². The average Bonchev–Trinajstić information content (AvgIpc) is 3.41. The first-order valence-electron chi connectivity index (χ1n) is 13.0. The number of nitrogen functional groups attached to an aromatic ring is 1. The largest absolute Gasteiger partial charge is 0.398 e. The van der Waals surface area contributed by atoms with E-state index in [4.69, 9.17) is 5.73 Å². The predicted octanol–water partition coefficient (Wildman–Crippen LogP) is 5.87. The van der Waals surface area contributed by atoms with Crippen molar-refractivity contribution in [3.63, 3.8) is 0 Å². The molecule has 7 heteroatoms. The zero-order valence-electron chi connectivity index (χ0n) is 23.0. The summed E-state index contributed by atoms with van der Waals surface area (Å²) in [6, 6.07) is 9.13. The number of nitrogens with two attached hydrogens (primary N) is 1. The zero-order chi connectivity index (χ0) is 26.8. The first kappa shape index (κ1) is 29.0. The number of hydrogen-bond donors (Lipinski definition) is 3. The summed E-state index contributed by atoms with van der Waals surface area (Å²) in [5.41, 5.74) is 11.4. The monoisotopic (exact) mass is 493 g/mol. The van der Waals surface area contributed by atoms with E-state index >= 15 is 0 Å². The maximum Gasteiger partial charge on any atom is 0.256 e. The molecule has 0 saturated heterocycles. The van der Waals surface area contributed by atoms with Gasteiger partial charge >= 0.3 is 0 Å². The molecule has 0 saturated carbocycles. The van der Waals surface area contributed by atoms with Crippen LogP contribution in [0.15, 0.2) is 30.3 Å². The van der Waals surface area contributed by atoms with E-state index in [9.17, 15) is 9.59 Å². The topological polar surface area (TPSA) is 104 Å². The molecule has 36 heavy (non-hydrogen) atoms. The number of benzene rings is 2. The lowest BCUT2D eigenvalue weighted by molar-refractivity contribution is 0.0752. The summed E-state index contributed by atoms with van der Waals surface area (Å²) in [5, 5.41) is 11.3. The van der Waals surface area contributed by atoms with Crippen molar-refractivity contribution >= 4 is 28.3 Å². The maximum absolute atomic E-state index is 13.0. The number of anilines is 1. The highest BCUT2D eigenvalue weighted by Crippen LogP contribution is 2.29. The average molecular weight is 494 g/mol. The van der Waals surface area contributed by atoms with Gasteiger partial charge in [0.2, 0.25) is 0 Å². The Labute approximate surface area is 215 Å². The third kappa shape index (κ3) is 7.92. The molecule has 0 unspecified atom stereocenters. The first-order valence-corrected chi connectivity index (χ1v) is 13.0. The quantitative estimate of drug-likeness (QED) is 0.226. The second-order valence-corrected chi connectivity index (χ2v) is 9.99. The molecule has 7 nitrogen and oxygen atoms in total. The van der Waals surface area contributed by atoms with Crippen LogP contribution < -0.4 is 11.1 Å². The van der Waals surface area contributed by atoms with E-state index < -0.39 is 0 Å². The normalized spacial score (nSPS) is 12.1. The van der Waals surface area contributed by atoms with Gasteiger partial charge in [-0.2, -0.15) is 5.10 Å². The minimum Gasteiger partial charge on any atom is -0.398 e. The van der Waals surface area contributed by atoms with Crippen LogP contribution in [0, 0.1) is 12.8 Å². The van der Waals surface area contributed by atoms with Gasteiger partial charge in [0.15, 0.2) is 5.78 Å². The molecule has 0 atom stereocenters. The molecule has 4 rings (SSSR count). The molecule has 1 aromatic heterocycles. The van der Waals surface area contributed by atoms with Gasteiger partial charge in [0, 0.05) is 35.4 Å². The van der Waals surface area contributed by atoms with Gasteiger partial charge in [-0.15, -0.1) is 0 Å². The lowest BCUT2D eigenvalue weighted by Crippen LogP contribution is -2.26. The van der Waals surface area contributed by atoms with E-state index in [1.165, 1.54) is 25.9 Å². The summed E-state index contributed by atoms with van der Waals surface area (Å²) in [4.78, 5) is 26.3. The SMILES string of the molecule is CC(=O)c1ccc2c(c1)CN(C(=O)c1cc3c(C)[nH]nc3cc1N)C2.CC(C)C.CCCNCCC. The van der Waals surface area contributed by atoms with Crippen molar-refractivity contribution in [3.05, 3.63) is 58.3 Å². The minimum absolute atomic E-state index is 0.0257. The van der Waals surface area contributed by atoms with Crippen molar-refractivity contribution in [2.75, 3.05) is 18.8 Å². The molecular weight excluding hydrogens is 450 g/mol. The van der Waals surface area contributed by atoms with E-state index in [0.29, 0.717) is 29.9 Å². The lowest BCUT2D eigenvalue weighted by Gasteiger charge is -2.16. The van der Waals surface area contributed by atoms with E-state index in [0.717, 1.165) is 33.6 Å². The van der Waals surface area contributed by atoms with Gasteiger partial charge in [-0.05, 0) is 75.0 Å². The number of aromatic amines is 1. The van der Waals surface area contributed by atoms with Crippen molar-refractivity contribution in [1.82, 2.24) is 20.4 Å². The Bertz CT molecular complexity index is 1160. The summed E-state index contributed by atoms with van der Waals surface area (Å²) in [6.07, 6.45) is 2.50. The van der Waals surface area contributed by atoms with E-state index in [2.05, 4.69) is 50.1 Å². The van der Waals surface area contributed by atoms with Crippen LogP contribution in [-0.4, -0.2) is 39.9 Å². The second-order valence-electron chi connectivity index (χ2n) is 9.99. The highest BCUT2D eigenvalue weighted by Gasteiger charge is 2.26. The smallest absolute Gasteiger partial charge is 0.256 e. The molecule has 2 heterocycles. The van der Waals surface area contributed by atoms with E-state index in [1.54, 1.807) is 24.0 Å². The zero-order valence-corrected chi connectivity index (χ0v) is 23.0. The van der Waals surface area contributed by atoms with Gasteiger partial charge in [0.05, 0.1) is 11.1 Å². The number of aryl methyl sites for hydroxylation is 1. The van der Waals surface area contributed by atoms with Crippen molar-refractivity contribution in [2.24, 2.45) is 5.92 Å².